The molecule has 1 nitrogen and oxygen atoms in total. The SMILES string of the molecule is C[C@]12C=CC(=O)CC1CC[C@@H]1[C@H]2CC[C@]2(C)C(C(F)(F)C(F)(F)F)CC[C@@H]12. The van der Waals surface area contributed by atoms with Crippen molar-refractivity contribution < 1.29 is 26.7 Å². The molecule has 152 valence electrons. The number of hydrogen-bond acceptors (Lipinski definition) is 1. The molecule has 3 saturated carbocycles. The fourth-order valence-corrected chi connectivity index (χ4v) is 7.43. The molecule has 4 rings (SSSR count). The summed E-state index contributed by atoms with van der Waals surface area (Å²) in [7, 11) is 0. The quantitative estimate of drug-likeness (QED) is 0.488. The Labute approximate surface area is 156 Å². The van der Waals surface area contributed by atoms with Crippen LogP contribution in [0.2, 0.25) is 0 Å². The zero-order valence-electron chi connectivity index (χ0n) is 15.8. The maximum Gasteiger partial charge on any atom is 0.453 e. The van der Waals surface area contributed by atoms with Crippen LogP contribution < -0.4 is 0 Å². The van der Waals surface area contributed by atoms with Crippen molar-refractivity contribution in [2.75, 3.05) is 0 Å². The van der Waals surface area contributed by atoms with Crippen LogP contribution in [0.3, 0.4) is 0 Å². The topological polar surface area (TPSA) is 17.1 Å². The van der Waals surface area contributed by atoms with Crippen LogP contribution in [0.4, 0.5) is 22.0 Å². The Hall–Kier alpha value is -0.940. The van der Waals surface area contributed by atoms with E-state index in [1.807, 2.05) is 6.08 Å². The molecule has 4 aliphatic rings. The minimum absolute atomic E-state index is 0.0502. The van der Waals surface area contributed by atoms with Crippen molar-refractivity contribution in [1.29, 1.82) is 0 Å². The highest BCUT2D eigenvalue weighted by Gasteiger charge is 2.71. The van der Waals surface area contributed by atoms with Crippen LogP contribution in [0.25, 0.3) is 0 Å². The standard InChI is InChI=1S/C21H27F5O/c1-18-9-7-13(27)11-12(18)3-4-14-15-5-6-17(20(22,23)21(24,25)26)19(15,2)10-8-16(14)18/h7,9,12,14-17H,3-6,8,10-11H2,1-2H3/t12?,14-,15-,16+,17?,18-,19-/m0/s1. The molecule has 0 amide bonds. The van der Waals surface area contributed by atoms with Crippen LogP contribution in [-0.2, 0) is 4.79 Å². The molecule has 0 aromatic heterocycles. The maximum atomic E-state index is 14.3. The van der Waals surface area contributed by atoms with Gasteiger partial charge in [0.2, 0.25) is 0 Å². The van der Waals surface area contributed by atoms with Crippen LogP contribution in [0.1, 0.15) is 58.8 Å². The van der Waals surface area contributed by atoms with Gasteiger partial charge in [0.25, 0.3) is 0 Å². The molecule has 3 fully saturated rings. The van der Waals surface area contributed by atoms with E-state index in [1.165, 1.54) is 0 Å². The van der Waals surface area contributed by atoms with Crippen molar-refractivity contribution in [1.82, 2.24) is 0 Å². The van der Waals surface area contributed by atoms with E-state index in [-0.39, 0.29) is 41.3 Å². The summed E-state index contributed by atoms with van der Waals surface area (Å²) in [6.07, 6.45) is 1.92. The number of halogens is 5. The molecule has 27 heavy (non-hydrogen) atoms. The number of carbonyl (C=O) groups excluding carboxylic acids is 1. The first-order valence-corrected chi connectivity index (χ1v) is 10.1. The maximum absolute atomic E-state index is 14.3. The third-order valence-corrected chi connectivity index (χ3v) is 8.86. The second-order valence-corrected chi connectivity index (χ2v) is 9.82. The van der Waals surface area contributed by atoms with Gasteiger partial charge in [0.05, 0.1) is 0 Å². The third kappa shape index (κ3) is 2.57. The van der Waals surface area contributed by atoms with Crippen LogP contribution in [-0.4, -0.2) is 17.9 Å². The number of rotatable bonds is 1. The summed E-state index contributed by atoms with van der Waals surface area (Å²) < 4.78 is 67.8. The van der Waals surface area contributed by atoms with E-state index in [1.54, 1.807) is 13.0 Å². The summed E-state index contributed by atoms with van der Waals surface area (Å²) in [6, 6.07) is 0. The lowest BCUT2D eigenvalue weighted by molar-refractivity contribution is -0.316. The largest absolute Gasteiger partial charge is 0.453 e. The molecule has 0 bridgehead atoms. The van der Waals surface area contributed by atoms with Crippen molar-refractivity contribution in [3.05, 3.63) is 12.2 Å². The van der Waals surface area contributed by atoms with Gasteiger partial charge in [-0.2, -0.15) is 22.0 Å². The third-order valence-electron chi connectivity index (χ3n) is 8.86. The molecule has 4 aliphatic carbocycles. The van der Waals surface area contributed by atoms with Gasteiger partial charge in [0.15, 0.2) is 5.78 Å². The second-order valence-electron chi connectivity index (χ2n) is 9.82. The first kappa shape index (κ1) is 19.4. The van der Waals surface area contributed by atoms with Gasteiger partial charge in [0.1, 0.15) is 0 Å². The Balaban J connectivity index is 1.65. The lowest BCUT2D eigenvalue weighted by Gasteiger charge is -2.59. The van der Waals surface area contributed by atoms with Crippen LogP contribution in [0.5, 0.6) is 0 Å². The molecule has 2 unspecified atom stereocenters. The summed E-state index contributed by atoms with van der Waals surface area (Å²) in [5.41, 5.74) is -1.10. The van der Waals surface area contributed by atoms with Crippen molar-refractivity contribution in [2.45, 2.75) is 70.9 Å². The molecule has 0 N–H and O–H groups in total. The van der Waals surface area contributed by atoms with Crippen LogP contribution in [0, 0.1) is 40.4 Å². The number of alkyl halides is 5. The molecule has 0 saturated heterocycles. The summed E-state index contributed by atoms with van der Waals surface area (Å²) in [5.74, 6) is -5.46. The first-order valence-electron chi connectivity index (χ1n) is 10.1. The van der Waals surface area contributed by atoms with Gasteiger partial charge in [-0.3, -0.25) is 4.79 Å². The molecule has 6 heteroatoms. The Kier molecular flexibility index (Phi) is 4.16. The van der Waals surface area contributed by atoms with E-state index in [9.17, 15) is 26.7 Å². The van der Waals surface area contributed by atoms with E-state index in [0.717, 1.165) is 12.8 Å². The van der Waals surface area contributed by atoms with Crippen molar-refractivity contribution in [3.63, 3.8) is 0 Å². The number of allylic oxidation sites excluding steroid dienone is 2. The first-order chi connectivity index (χ1) is 12.4. The summed E-state index contributed by atoms with van der Waals surface area (Å²) in [5, 5.41) is 0. The summed E-state index contributed by atoms with van der Waals surface area (Å²) >= 11 is 0. The number of ketones is 1. The zero-order valence-corrected chi connectivity index (χ0v) is 15.8. The predicted molar refractivity (Wildman–Crippen MR) is 91.1 cm³/mol. The molecule has 0 spiro atoms. The molecule has 0 radical (unpaired) electrons. The average Bonchev–Trinajstić information content (AvgIpc) is 2.92. The number of hydrogen-bond donors (Lipinski definition) is 0. The van der Waals surface area contributed by atoms with Gasteiger partial charge in [-0.25, -0.2) is 0 Å². The Morgan fingerprint density at radius 3 is 2.33 bits per heavy atom. The molecule has 7 atom stereocenters. The molecule has 0 heterocycles. The van der Waals surface area contributed by atoms with E-state index in [0.29, 0.717) is 25.7 Å². The van der Waals surface area contributed by atoms with Crippen LogP contribution in [0.15, 0.2) is 12.2 Å². The highest BCUT2D eigenvalue weighted by Crippen LogP contribution is 2.69. The summed E-state index contributed by atoms with van der Waals surface area (Å²) in [6.45, 7) is 3.84. The Morgan fingerprint density at radius 2 is 1.67 bits per heavy atom. The smallest absolute Gasteiger partial charge is 0.295 e. The van der Waals surface area contributed by atoms with Crippen molar-refractivity contribution in [2.24, 2.45) is 40.4 Å². The van der Waals surface area contributed by atoms with E-state index >= 15 is 0 Å². The van der Waals surface area contributed by atoms with Crippen molar-refractivity contribution in [3.8, 4) is 0 Å². The molecule has 0 aromatic rings. The molecule has 0 aliphatic heterocycles. The normalized spacial score (nSPS) is 47.4. The average molecular weight is 390 g/mol. The minimum atomic E-state index is -5.48. The van der Waals surface area contributed by atoms with E-state index in [2.05, 4.69) is 6.92 Å². The number of fused-ring (bicyclic) bond motifs is 5. The predicted octanol–water partition coefficient (Wildman–Crippen LogP) is 6.19. The van der Waals surface area contributed by atoms with Gasteiger partial charge >= 0.3 is 12.1 Å². The second kappa shape index (κ2) is 5.79. The van der Waals surface area contributed by atoms with Gasteiger partial charge in [-0.1, -0.05) is 19.9 Å². The highest BCUT2D eigenvalue weighted by atomic mass is 19.4. The molecular weight excluding hydrogens is 363 g/mol. The summed E-state index contributed by atoms with van der Waals surface area (Å²) in [4.78, 5) is 11.8. The Morgan fingerprint density at radius 1 is 0.963 bits per heavy atom. The number of carbonyl (C=O) groups is 1. The van der Waals surface area contributed by atoms with E-state index < -0.39 is 23.4 Å². The fraction of sp³-hybridized carbons (Fsp3) is 0.857. The van der Waals surface area contributed by atoms with Gasteiger partial charge in [-0.05, 0) is 79.1 Å². The van der Waals surface area contributed by atoms with Gasteiger partial charge in [0, 0.05) is 12.3 Å². The molecular formula is C21H27F5O. The van der Waals surface area contributed by atoms with Crippen molar-refractivity contribution >= 4 is 5.78 Å². The van der Waals surface area contributed by atoms with Crippen LogP contribution >= 0.6 is 0 Å². The highest BCUT2D eigenvalue weighted by molar-refractivity contribution is 5.91. The molecule has 0 aromatic carbocycles. The van der Waals surface area contributed by atoms with Gasteiger partial charge in [-0.15, -0.1) is 0 Å². The Bertz CT molecular complexity index is 668. The minimum Gasteiger partial charge on any atom is -0.295 e. The van der Waals surface area contributed by atoms with E-state index in [4.69, 9.17) is 0 Å². The monoisotopic (exact) mass is 390 g/mol. The fourth-order valence-electron chi connectivity index (χ4n) is 7.43. The lowest BCUT2D eigenvalue weighted by atomic mass is 9.45. The zero-order chi connectivity index (χ0) is 19.8. The lowest BCUT2D eigenvalue weighted by Crippen LogP contribution is -2.55. The van der Waals surface area contributed by atoms with Gasteiger partial charge < -0.3 is 0 Å².